The lowest BCUT2D eigenvalue weighted by Crippen LogP contribution is -2.31. The van der Waals surface area contributed by atoms with E-state index in [1.807, 2.05) is 36.3 Å². The van der Waals surface area contributed by atoms with Gasteiger partial charge < -0.3 is 4.90 Å². The van der Waals surface area contributed by atoms with E-state index in [1.54, 1.807) is 0 Å². The molecule has 30 heavy (non-hydrogen) atoms. The number of aliphatic imine (C=N–C) groups is 1. The number of hydrogen-bond acceptors (Lipinski definition) is 4. The van der Waals surface area contributed by atoms with Crippen LogP contribution in [0.5, 0.6) is 0 Å². The van der Waals surface area contributed by atoms with Crippen LogP contribution in [-0.4, -0.2) is 15.4 Å². The molecule has 0 bridgehead atoms. The third-order valence-corrected chi connectivity index (χ3v) is 6.42. The Labute approximate surface area is 181 Å². The quantitative estimate of drug-likeness (QED) is 0.379. The van der Waals surface area contributed by atoms with Crippen LogP contribution in [0.4, 0.5) is 11.4 Å². The molecule has 0 saturated carbocycles. The second-order valence-corrected chi connectivity index (χ2v) is 8.18. The molecule has 0 fully saturated rings. The number of rotatable bonds is 5. The molecule has 1 aromatic heterocycles. The van der Waals surface area contributed by atoms with Crippen molar-refractivity contribution >= 4 is 28.2 Å². The van der Waals surface area contributed by atoms with E-state index in [0.717, 1.165) is 22.0 Å². The van der Waals surface area contributed by atoms with Gasteiger partial charge in [0.25, 0.3) is 0 Å². The lowest BCUT2D eigenvalue weighted by molar-refractivity contribution is 0.694. The molecule has 2 heterocycles. The molecule has 1 aliphatic rings. The first-order valence-electron chi connectivity index (χ1n) is 9.99. The fourth-order valence-electron chi connectivity index (χ4n) is 3.74. The first-order chi connectivity index (χ1) is 14.9. The molecule has 0 spiro atoms. The molecular weight excluding hydrogens is 386 g/mol. The van der Waals surface area contributed by atoms with E-state index in [9.17, 15) is 0 Å². The summed E-state index contributed by atoms with van der Waals surface area (Å²) in [6.45, 7) is 0. The Morgan fingerprint density at radius 3 is 1.73 bits per heavy atom. The van der Waals surface area contributed by atoms with Crippen molar-refractivity contribution in [1.29, 1.82) is 0 Å². The Balaban J connectivity index is 1.62. The van der Waals surface area contributed by atoms with Crippen LogP contribution in [0.25, 0.3) is 0 Å². The molecule has 4 aromatic rings. The Hall–Kier alpha value is -3.37. The number of thioether (sulfide) groups is 1. The predicted octanol–water partition coefficient (Wildman–Crippen LogP) is 6.48. The van der Waals surface area contributed by atoms with Crippen molar-refractivity contribution < 1.29 is 0 Å². The van der Waals surface area contributed by atoms with Gasteiger partial charge in [-0.25, -0.2) is 0 Å². The molecule has 5 rings (SSSR count). The van der Waals surface area contributed by atoms with Gasteiger partial charge in [-0.1, -0.05) is 78.5 Å². The maximum atomic E-state index is 5.19. The largest absolute Gasteiger partial charge is 0.326 e. The summed E-state index contributed by atoms with van der Waals surface area (Å²) in [5, 5.41) is 1.15. The van der Waals surface area contributed by atoms with Crippen LogP contribution < -0.4 is 4.90 Å². The smallest absolute Gasteiger partial charge is 0.112 e. The number of aromatic nitrogens is 1. The Kier molecular flexibility index (Phi) is 5.32. The van der Waals surface area contributed by atoms with Gasteiger partial charge in [-0.05, 0) is 42.0 Å². The van der Waals surface area contributed by atoms with Crippen molar-refractivity contribution in [2.24, 2.45) is 4.99 Å². The average Bonchev–Trinajstić information content (AvgIpc) is 3.27. The van der Waals surface area contributed by atoms with Crippen LogP contribution in [0.1, 0.15) is 17.2 Å². The Bertz CT molecular complexity index is 1080. The zero-order valence-corrected chi connectivity index (χ0v) is 17.2. The van der Waals surface area contributed by atoms with Gasteiger partial charge in [-0.2, -0.15) is 0 Å². The number of benzene rings is 3. The number of hydrogen-bond donors (Lipinski definition) is 0. The second kappa shape index (κ2) is 8.56. The van der Waals surface area contributed by atoms with E-state index < -0.39 is 0 Å². The minimum absolute atomic E-state index is 0.0137. The van der Waals surface area contributed by atoms with Crippen molar-refractivity contribution in [3.8, 4) is 0 Å². The highest BCUT2D eigenvalue weighted by Crippen LogP contribution is 2.45. The molecule has 0 radical (unpaired) electrons. The molecule has 146 valence electrons. The molecule has 3 nitrogen and oxygen atoms in total. The van der Waals surface area contributed by atoms with Crippen LogP contribution in [0.3, 0.4) is 0 Å². The maximum Gasteiger partial charge on any atom is 0.112 e. The lowest BCUT2D eigenvalue weighted by atomic mass is 10.1. The first-order valence-corrected chi connectivity index (χ1v) is 10.9. The Morgan fingerprint density at radius 2 is 1.17 bits per heavy atom. The van der Waals surface area contributed by atoms with Crippen molar-refractivity contribution in [1.82, 2.24) is 4.98 Å². The molecule has 0 unspecified atom stereocenters. The SMILES string of the molecule is c1ccc([C@H]2N=C(c3ccncc3)S[C@@H]2N(c2ccccc2)c2ccccc2)cc1. The molecule has 3 aromatic carbocycles. The highest BCUT2D eigenvalue weighted by Gasteiger charge is 2.37. The number of pyridine rings is 1. The minimum Gasteiger partial charge on any atom is -0.326 e. The van der Waals surface area contributed by atoms with Crippen LogP contribution in [0.2, 0.25) is 0 Å². The lowest BCUT2D eigenvalue weighted by Gasteiger charge is -2.33. The van der Waals surface area contributed by atoms with E-state index in [2.05, 4.69) is 101 Å². The van der Waals surface area contributed by atoms with Gasteiger partial charge in [0.05, 0.1) is 0 Å². The Morgan fingerprint density at radius 1 is 0.633 bits per heavy atom. The molecule has 4 heteroatoms. The van der Waals surface area contributed by atoms with E-state index in [1.165, 1.54) is 5.56 Å². The molecule has 1 aliphatic heterocycles. The number of para-hydroxylation sites is 2. The summed E-state index contributed by atoms with van der Waals surface area (Å²) in [6, 6.07) is 35.8. The van der Waals surface area contributed by atoms with Crippen LogP contribution >= 0.6 is 11.8 Å². The molecule has 0 amide bonds. The molecule has 0 saturated heterocycles. The second-order valence-electron chi connectivity index (χ2n) is 7.08. The van der Waals surface area contributed by atoms with Crippen LogP contribution in [-0.2, 0) is 0 Å². The topological polar surface area (TPSA) is 28.5 Å². The summed E-state index contributed by atoms with van der Waals surface area (Å²) in [4.78, 5) is 11.8. The average molecular weight is 408 g/mol. The van der Waals surface area contributed by atoms with Crippen LogP contribution in [0.15, 0.2) is 121 Å². The van der Waals surface area contributed by atoms with Gasteiger partial charge in [-0.3, -0.25) is 9.98 Å². The summed E-state index contributed by atoms with van der Waals surface area (Å²) >= 11 is 1.81. The molecule has 0 N–H and O–H groups in total. The van der Waals surface area contributed by atoms with E-state index >= 15 is 0 Å². The minimum atomic E-state index is 0.0137. The third kappa shape index (κ3) is 3.74. The van der Waals surface area contributed by atoms with Crippen LogP contribution in [0, 0.1) is 0 Å². The fourth-order valence-corrected chi connectivity index (χ4v) is 5.11. The highest BCUT2D eigenvalue weighted by molar-refractivity contribution is 8.15. The van der Waals surface area contributed by atoms with Gasteiger partial charge in [0.2, 0.25) is 0 Å². The van der Waals surface area contributed by atoms with Gasteiger partial charge in [-0.15, -0.1) is 0 Å². The number of nitrogens with zero attached hydrogens (tertiary/aromatic N) is 3. The molecular formula is C26H21N3S. The normalized spacial score (nSPS) is 18.1. The van der Waals surface area contributed by atoms with E-state index in [-0.39, 0.29) is 11.4 Å². The highest BCUT2D eigenvalue weighted by atomic mass is 32.2. The predicted molar refractivity (Wildman–Crippen MR) is 126 cm³/mol. The maximum absolute atomic E-state index is 5.19. The summed E-state index contributed by atoms with van der Waals surface area (Å²) in [5.74, 6) is 0. The van der Waals surface area contributed by atoms with Crippen molar-refractivity contribution in [2.45, 2.75) is 11.4 Å². The molecule has 0 aliphatic carbocycles. The zero-order chi connectivity index (χ0) is 20.2. The van der Waals surface area contributed by atoms with Gasteiger partial charge >= 0.3 is 0 Å². The van der Waals surface area contributed by atoms with E-state index in [0.29, 0.717) is 0 Å². The monoisotopic (exact) mass is 407 g/mol. The van der Waals surface area contributed by atoms with Crippen molar-refractivity contribution in [3.63, 3.8) is 0 Å². The zero-order valence-electron chi connectivity index (χ0n) is 16.4. The van der Waals surface area contributed by atoms with Crippen molar-refractivity contribution in [3.05, 3.63) is 127 Å². The van der Waals surface area contributed by atoms with Crippen molar-refractivity contribution in [2.75, 3.05) is 4.90 Å². The third-order valence-electron chi connectivity index (χ3n) is 5.15. The fraction of sp³-hybridized carbons (Fsp3) is 0.0769. The summed E-state index contributed by atoms with van der Waals surface area (Å²) in [5.41, 5.74) is 4.65. The standard InChI is InChI=1S/C26H21N3S/c1-4-10-20(11-5-1)24-26(30-25(28-24)21-16-18-27-19-17-21)29(22-12-6-2-7-13-22)23-14-8-3-9-15-23/h1-19,24,26H/t24-,26+/m1/s1. The van der Waals surface area contributed by atoms with E-state index in [4.69, 9.17) is 4.99 Å². The summed E-state index contributed by atoms with van der Waals surface area (Å²) in [7, 11) is 0. The van der Waals surface area contributed by atoms with Gasteiger partial charge in [0.1, 0.15) is 16.5 Å². The van der Waals surface area contributed by atoms with Gasteiger partial charge in [0.15, 0.2) is 0 Å². The molecule has 2 atom stereocenters. The summed E-state index contributed by atoms with van der Waals surface area (Å²) < 4.78 is 0. The summed E-state index contributed by atoms with van der Waals surface area (Å²) in [6.07, 6.45) is 3.66. The van der Waals surface area contributed by atoms with Gasteiger partial charge in [0, 0.05) is 29.3 Å². The number of anilines is 2. The first kappa shape index (κ1) is 18.6.